The summed E-state index contributed by atoms with van der Waals surface area (Å²) in [5.41, 5.74) is 5.97. The van der Waals surface area contributed by atoms with Crippen LogP contribution in [0.1, 0.15) is 53.1 Å². The van der Waals surface area contributed by atoms with E-state index in [0.717, 1.165) is 62.4 Å². The van der Waals surface area contributed by atoms with E-state index in [-0.39, 0.29) is 23.7 Å². The SMILES string of the molecule is CCN(CC)C(=O)c1[nH]c2c(c1C)CC1CNCCC1(c1cccc(OC)c1)C2.Cl. The molecule has 2 aromatic rings. The van der Waals surface area contributed by atoms with Crippen LogP contribution in [-0.4, -0.2) is 49.1 Å². The van der Waals surface area contributed by atoms with Gasteiger partial charge in [0.1, 0.15) is 11.4 Å². The van der Waals surface area contributed by atoms with Crippen molar-refractivity contribution in [2.24, 2.45) is 5.92 Å². The monoisotopic (exact) mass is 431 g/mol. The number of piperidine rings is 1. The molecule has 0 saturated carbocycles. The standard InChI is InChI=1S/C24H33N3O2.ClH/c1-5-27(6-2)23(28)22-16(3)20-13-18-15-25-11-10-24(18,14-21(20)26-22)17-8-7-9-19(12-17)29-4;/h7-9,12,18,25-26H,5-6,10-11,13-15H2,1-4H3;1H. The molecule has 30 heavy (non-hydrogen) atoms. The fraction of sp³-hybridized carbons (Fsp3) is 0.542. The van der Waals surface area contributed by atoms with Gasteiger partial charge in [-0.1, -0.05) is 12.1 Å². The van der Waals surface area contributed by atoms with Crippen LogP contribution in [0.15, 0.2) is 24.3 Å². The van der Waals surface area contributed by atoms with Crippen molar-refractivity contribution in [3.8, 4) is 5.75 Å². The Hall–Kier alpha value is -1.98. The van der Waals surface area contributed by atoms with Crippen molar-refractivity contribution in [1.82, 2.24) is 15.2 Å². The predicted octanol–water partition coefficient (Wildman–Crippen LogP) is 3.88. The molecule has 2 N–H and O–H groups in total. The summed E-state index contributed by atoms with van der Waals surface area (Å²) in [6.45, 7) is 9.70. The van der Waals surface area contributed by atoms with Crippen molar-refractivity contribution in [3.63, 3.8) is 0 Å². The van der Waals surface area contributed by atoms with Gasteiger partial charge in [-0.3, -0.25) is 4.79 Å². The summed E-state index contributed by atoms with van der Waals surface area (Å²) in [4.78, 5) is 18.5. The minimum Gasteiger partial charge on any atom is -0.497 e. The minimum atomic E-state index is 0. The average Bonchev–Trinajstić information content (AvgIpc) is 3.08. The van der Waals surface area contributed by atoms with Crippen LogP contribution in [0.5, 0.6) is 5.75 Å². The minimum absolute atomic E-state index is 0. The Morgan fingerprint density at radius 3 is 2.77 bits per heavy atom. The number of rotatable bonds is 5. The number of ether oxygens (including phenoxy) is 1. The zero-order chi connectivity index (χ0) is 20.6. The summed E-state index contributed by atoms with van der Waals surface area (Å²) in [6, 6.07) is 8.58. The molecule has 6 heteroatoms. The quantitative estimate of drug-likeness (QED) is 0.755. The first-order valence-corrected chi connectivity index (χ1v) is 10.9. The number of H-pyrrole nitrogens is 1. The van der Waals surface area contributed by atoms with Gasteiger partial charge in [-0.05, 0) is 87.9 Å². The number of amides is 1. The Labute approximate surface area is 186 Å². The summed E-state index contributed by atoms with van der Waals surface area (Å²) in [5, 5.41) is 3.61. The number of fused-ring (bicyclic) bond motifs is 2. The maximum absolute atomic E-state index is 13.1. The van der Waals surface area contributed by atoms with E-state index < -0.39 is 0 Å². The van der Waals surface area contributed by atoms with E-state index in [2.05, 4.69) is 35.4 Å². The second-order valence-electron chi connectivity index (χ2n) is 8.48. The van der Waals surface area contributed by atoms with Crippen molar-refractivity contribution >= 4 is 18.3 Å². The number of carbonyl (C=O) groups excluding carboxylic acids is 1. The summed E-state index contributed by atoms with van der Waals surface area (Å²) in [6.07, 6.45) is 3.06. The topological polar surface area (TPSA) is 57.4 Å². The fourth-order valence-corrected chi connectivity index (χ4v) is 5.47. The smallest absolute Gasteiger partial charge is 0.270 e. The van der Waals surface area contributed by atoms with Crippen molar-refractivity contribution in [1.29, 1.82) is 0 Å². The largest absolute Gasteiger partial charge is 0.497 e. The van der Waals surface area contributed by atoms with Gasteiger partial charge in [-0.2, -0.15) is 0 Å². The number of aromatic nitrogens is 1. The Bertz CT molecular complexity index is 906. The molecule has 4 rings (SSSR count). The first-order chi connectivity index (χ1) is 14.0. The maximum Gasteiger partial charge on any atom is 0.270 e. The van der Waals surface area contributed by atoms with Crippen molar-refractivity contribution in [2.75, 3.05) is 33.3 Å². The third-order valence-corrected chi connectivity index (χ3v) is 7.24. The van der Waals surface area contributed by atoms with Gasteiger partial charge >= 0.3 is 0 Å². The molecule has 0 spiro atoms. The van der Waals surface area contributed by atoms with Crippen LogP contribution >= 0.6 is 12.4 Å². The van der Waals surface area contributed by atoms with Crippen molar-refractivity contribution < 1.29 is 9.53 Å². The molecule has 2 heterocycles. The van der Waals surface area contributed by atoms with E-state index in [1.165, 1.54) is 16.8 Å². The number of hydrogen-bond donors (Lipinski definition) is 2. The Morgan fingerprint density at radius 2 is 2.07 bits per heavy atom. The van der Waals surface area contributed by atoms with Gasteiger partial charge in [0.2, 0.25) is 0 Å². The first-order valence-electron chi connectivity index (χ1n) is 10.9. The molecule has 1 fully saturated rings. The Morgan fingerprint density at radius 1 is 1.30 bits per heavy atom. The number of nitrogens with one attached hydrogen (secondary N) is 2. The van der Waals surface area contributed by atoms with E-state index >= 15 is 0 Å². The predicted molar refractivity (Wildman–Crippen MR) is 123 cm³/mol. The zero-order valence-corrected chi connectivity index (χ0v) is 19.3. The van der Waals surface area contributed by atoms with Gasteiger partial charge < -0.3 is 19.9 Å². The van der Waals surface area contributed by atoms with E-state index in [4.69, 9.17) is 4.74 Å². The number of hydrogen-bond acceptors (Lipinski definition) is 3. The molecule has 164 valence electrons. The van der Waals surface area contributed by atoms with Gasteiger partial charge in [0, 0.05) is 24.2 Å². The highest BCUT2D eigenvalue weighted by atomic mass is 35.5. The molecule has 1 amide bonds. The molecule has 0 bridgehead atoms. The number of benzene rings is 1. The second-order valence-corrected chi connectivity index (χ2v) is 8.48. The highest BCUT2D eigenvalue weighted by Crippen LogP contribution is 2.47. The molecule has 0 radical (unpaired) electrons. The molecule has 2 aliphatic rings. The highest BCUT2D eigenvalue weighted by molar-refractivity contribution is 5.94. The third kappa shape index (κ3) is 3.63. The molecule has 1 aromatic heterocycles. The zero-order valence-electron chi connectivity index (χ0n) is 18.5. The van der Waals surface area contributed by atoms with Gasteiger partial charge in [0.15, 0.2) is 0 Å². The lowest BCUT2D eigenvalue weighted by Gasteiger charge is -2.48. The van der Waals surface area contributed by atoms with Crippen molar-refractivity contribution in [2.45, 2.75) is 45.4 Å². The van der Waals surface area contributed by atoms with E-state index in [0.29, 0.717) is 5.92 Å². The van der Waals surface area contributed by atoms with Crippen LogP contribution < -0.4 is 10.1 Å². The normalized spacial score (nSPS) is 22.5. The van der Waals surface area contributed by atoms with Crippen LogP contribution in [0, 0.1) is 12.8 Å². The van der Waals surface area contributed by atoms with E-state index in [9.17, 15) is 4.79 Å². The molecular weight excluding hydrogens is 398 g/mol. The lowest BCUT2D eigenvalue weighted by Crippen LogP contribution is -2.52. The van der Waals surface area contributed by atoms with Gasteiger partial charge in [0.05, 0.1) is 7.11 Å². The Kier molecular flexibility index (Phi) is 6.83. The number of nitrogens with zero attached hydrogens (tertiary/aromatic N) is 1. The van der Waals surface area contributed by atoms with Crippen LogP contribution in [0.3, 0.4) is 0 Å². The molecular formula is C24H34ClN3O2. The fourth-order valence-electron chi connectivity index (χ4n) is 5.47. The summed E-state index contributed by atoms with van der Waals surface area (Å²) < 4.78 is 5.52. The van der Waals surface area contributed by atoms with Crippen LogP contribution in [0.2, 0.25) is 0 Å². The van der Waals surface area contributed by atoms with E-state index in [1.54, 1.807) is 7.11 Å². The average molecular weight is 432 g/mol. The molecule has 1 aliphatic heterocycles. The van der Waals surface area contributed by atoms with Gasteiger partial charge in [-0.25, -0.2) is 0 Å². The molecule has 1 saturated heterocycles. The molecule has 1 aliphatic carbocycles. The molecule has 1 aromatic carbocycles. The summed E-state index contributed by atoms with van der Waals surface area (Å²) >= 11 is 0. The molecule has 5 nitrogen and oxygen atoms in total. The number of halogens is 1. The molecule has 2 atom stereocenters. The van der Waals surface area contributed by atoms with Gasteiger partial charge in [0.25, 0.3) is 5.91 Å². The van der Waals surface area contributed by atoms with Gasteiger partial charge in [-0.15, -0.1) is 12.4 Å². The lowest BCUT2D eigenvalue weighted by molar-refractivity contribution is 0.0767. The van der Waals surface area contributed by atoms with Crippen LogP contribution in [0.25, 0.3) is 0 Å². The second kappa shape index (κ2) is 9.03. The summed E-state index contributed by atoms with van der Waals surface area (Å²) in [5.74, 6) is 1.56. The maximum atomic E-state index is 13.1. The van der Waals surface area contributed by atoms with E-state index in [1.807, 2.05) is 24.8 Å². The number of carbonyl (C=O) groups is 1. The van der Waals surface area contributed by atoms with Crippen LogP contribution in [0.4, 0.5) is 0 Å². The number of methoxy groups -OCH3 is 1. The highest BCUT2D eigenvalue weighted by Gasteiger charge is 2.47. The first kappa shape index (κ1) is 22.7. The third-order valence-electron chi connectivity index (χ3n) is 7.24. The Balaban J connectivity index is 0.00000256. The number of aromatic amines is 1. The lowest BCUT2D eigenvalue weighted by atomic mass is 9.59. The summed E-state index contributed by atoms with van der Waals surface area (Å²) in [7, 11) is 1.73. The molecule has 2 unspecified atom stereocenters. The van der Waals surface area contributed by atoms with Crippen molar-refractivity contribution in [3.05, 3.63) is 52.3 Å². The van der Waals surface area contributed by atoms with Crippen LogP contribution in [-0.2, 0) is 18.3 Å².